The molecule has 1 aromatic heterocycles. The summed E-state index contributed by atoms with van der Waals surface area (Å²) in [5.41, 5.74) is 3.85. The molecule has 1 heterocycles. The van der Waals surface area contributed by atoms with E-state index in [-0.39, 0.29) is 5.91 Å². The van der Waals surface area contributed by atoms with Gasteiger partial charge in [-0.25, -0.2) is 4.98 Å². The van der Waals surface area contributed by atoms with Crippen molar-refractivity contribution in [1.29, 1.82) is 0 Å². The first-order valence-corrected chi connectivity index (χ1v) is 9.38. The highest BCUT2D eigenvalue weighted by molar-refractivity contribution is 6.50. The number of methoxy groups -OCH3 is 1. The predicted octanol–water partition coefficient (Wildman–Crippen LogP) is 5.56. The van der Waals surface area contributed by atoms with Crippen LogP contribution < -0.4 is 10.1 Å². The number of H-pyrrole nitrogens is 1. The van der Waals surface area contributed by atoms with E-state index in [1.165, 1.54) is 0 Å². The number of halogens is 1. The number of ether oxygens (including phenoxy) is 1. The van der Waals surface area contributed by atoms with Crippen LogP contribution in [0.15, 0.2) is 72.8 Å². The second-order valence-electron chi connectivity index (χ2n) is 6.40. The van der Waals surface area contributed by atoms with E-state index in [9.17, 15) is 4.79 Å². The highest BCUT2D eigenvalue weighted by atomic mass is 35.5. The average molecular weight is 404 g/mol. The number of benzene rings is 3. The number of carbonyl (C=O) groups is 1. The van der Waals surface area contributed by atoms with Crippen molar-refractivity contribution in [3.05, 3.63) is 89.7 Å². The Kier molecular flexibility index (Phi) is 5.31. The van der Waals surface area contributed by atoms with Gasteiger partial charge in [-0.15, -0.1) is 0 Å². The summed E-state index contributed by atoms with van der Waals surface area (Å²) in [6.07, 6.45) is 1.81. The molecular formula is C23H18ClN3O2. The van der Waals surface area contributed by atoms with Gasteiger partial charge < -0.3 is 15.0 Å². The summed E-state index contributed by atoms with van der Waals surface area (Å²) in [6, 6.07) is 22.1. The molecule has 0 radical (unpaired) electrons. The third-order valence-corrected chi connectivity index (χ3v) is 4.69. The van der Waals surface area contributed by atoms with Crippen LogP contribution in [0.3, 0.4) is 0 Å². The zero-order chi connectivity index (χ0) is 20.2. The van der Waals surface area contributed by atoms with Crippen molar-refractivity contribution < 1.29 is 9.53 Å². The molecule has 6 heteroatoms. The molecule has 1 amide bonds. The van der Waals surface area contributed by atoms with Gasteiger partial charge in [-0.1, -0.05) is 35.9 Å². The molecule has 0 saturated carbocycles. The maximum atomic E-state index is 12.5. The number of carbonyl (C=O) groups excluding carboxylic acids is 1. The fourth-order valence-corrected chi connectivity index (χ4v) is 3.15. The molecule has 29 heavy (non-hydrogen) atoms. The predicted molar refractivity (Wildman–Crippen MR) is 117 cm³/mol. The number of hydrogen-bond donors (Lipinski definition) is 2. The molecule has 3 aromatic carbocycles. The Morgan fingerprint density at radius 1 is 1.07 bits per heavy atom. The summed E-state index contributed by atoms with van der Waals surface area (Å²) < 4.78 is 5.12. The minimum absolute atomic E-state index is 0.197. The normalized spacial score (nSPS) is 11.4. The maximum Gasteiger partial charge on any atom is 0.255 e. The molecule has 0 bridgehead atoms. The summed E-state index contributed by atoms with van der Waals surface area (Å²) in [4.78, 5) is 20.2. The van der Waals surface area contributed by atoms with E-state index >= 15 is 0 Å². The lowest BCUT2D eigenvalue weighted by Gasteiger charge is -2.07. The Bertz CT molecular complexity index is 1160. The highest BCUT2D eigenvalue weighted by Gasteiger charge is 2.08. The second kappa shape index (κ2) is 8.20. The Morgan fingerprint density at radius 2 is 1.86 bits per heavy atom. The van der Waals surface area contributed by atoms with Gasteiger partial charge in [-0.3, -0.25) is 4.79 Å². The van der Waals surface area contributed by atoms with Crippen molar-refractivity contribution in [1.82, 2.24) is 9.97 Å². The molecule has 4 aromatic rings. The third kappa shape index (κ3) is 4.31. The molecular weight excluding hydrogens is 386 g/mol. The summed E-state index contributed by atoms with van der Waals surface area (Å²) in [5.74, 6) is 1.10. The van der Waals surface area contributed by atoms with Gasteiger partial charge in [0.25, 0.3) is 5.91 Å². The number of aromatic nitrogens is 2. The van der Waals surface area contributed by atoms with Gasteiger partial charge in [0.2, 0.25) is 0 Å². The second-order valence-corrected chi connectivity index (χ2v) is 6.81. The van der Waals surface area contributed by atoms with Crippen LogP contribution in [0.2, 0.25) is 0 Å². The quantitative estimate of drug-likeness (QED) is 0.458. The number of nitrogens with zero attached hydrogens (tertiary/aromatic N) is 1. The minimum Gasteiger partial charge on any atom is -0.497 e. The summed E-state index contributed by atoms with van der Waals surface area (Å²) >= 11 is 6.46. The van der Waals surface area contributed by atoms with E-state index < -0.39 is 0 Å². The van der Waals surface area contributed by atoms with E-state index in [1.807, 2.05) is 54.6 Å². The number of anilines is 1. The van der Waals surface area contributed by atoms with Gasteiger partial charge in [-0.05, 0) is 60.2 Å². The van der Waals surface area contributed by atoms with Gasteiger partial charge in [0.15, 0.2) is 0 Å². The topological polar surface area (TPSA) is 67.0 Å². The first kappa shape index (κ1) is 18.8. The zero-order valence-electron chi connectivity index (χ0n) is 15.6. The number of para-hydroxylation sites is 2. The first-order chi connectivity index (χ1) is 14.1. The summed E-state index contributed by atoms with van der Waals surface area (Å²) in [7, 11) is 1.59. The van der Waals surface area contributed by atoms with Crippen LogP contribution in [0.4, 0.5) is 5.69 Å². The lowest BCUT2D eigenvalue weighted by molar-refractivity contribution is 0.102. The fraction of sp³-hybridized carbons (Fsp3) is 0.0435. The van der Waals surface area contributed by atoms with Gasteiger partial charge in [-0.2, -0.15) is 0 Å². The van der Waals surface area contributed by atoms with E-state index in [2.05, 4.69) is 15.3 Å². The Balaban J connectivity index is 1.53. The first-order valence-electron chi connectivity index (χ1n) is 9.00. The molecule has 0 atom stereocenters. The van der Waals surface area contributed by atoms with Gasteiger partial charge in [0.1, 0.15) is 11.6 Å². The zero-order valence-corrected chi connectivity index (χ0v) is 16.4. The van der Waals surface area contributed by atoms with Crippen LogP contribution in [0.25, 0.3) is 22.1 Å². The molecule has 0 aliphatic rings. The monoisotopic (exact) mass is 403 g/mol. The van der Waals surface area contributed by atoms with Crippen molar-refractivity contribution >= 4 is 45.3 Å². The lowest BCUT2D eigenvalue weighted by atomic mass is 10.1. The number of hydrogen-bond acceptors (Lipinski definition) is 3. The van der Waals surface area contributed by atoms with Gasteiger partial charge >= 0.3 is 0 Å². The lowest BCUT2D eigenvalue weighted by Crippen LogP contribution is -2.11. The van der Waals surface area contributed by atoms with E-state index in [0.29, 0.717) is 27.9 Å². The van der Waals surface area contributed by atoms with Gasteiger partial charge in [0, 0.05) is 11.3 Å². The van der Waals surface area contributed by atoms with E-state index in [4.69, 9.17) is 16.3 Å². The smallest absolute Gasteiger partial charge is 0.255 e. The largest absolute Gasteiger partial charge is 0.497 e. The Morgan fingerprint density at radius 3 is 2.62 bits per heavy atom. The van der Waals surface area contributed by atoms with E-state index in [1.54, 1.807) is 31.4 Å². The van der Waals surface area contributed by atoms with Crippen LogP contribution >= 0.6 is 11.6 Å². The number of aromatic amines is 1. The van der Waals surface area contributed by atoms with Crippen LogP contribution in [0.5, 0.6) is 5.75 Å². The number of imidazole rings is 1. The van der Waals surface area contributed by atoms with Crippen molar-refractivity contribution in [2.75, 3.05) is 12.4 Å². The van der Waals surface area contributed by atoms with Crippen molar-refractivity contribution in [3.63, 3.8) is 0 Å². The van der Waals surface area contributed by atoms with Gasteiger partial charge in [0.05, 0.1) is 23.2 Å². The molecule has 0 spiro atoms. The molecule has 0 unspecified atom stereocenters. The molecule has 144 valence electrons. The van der Waals surface area contributed by atoms with Crippen LogP contribution in [0.1, 0.15) is 21.7 Å². The minimum atomic E-state index is -0.197. The van der Waals surface area contributed by atoms with Crippen molar-refractivity contribution in [2.24, 2.45) is 0 Å². The number of nitrogens with one attached hydrogen (secondary N) is 2. The SMILES string of the molecule is COc1ccc(C(=O)Nc2cccc(/C=C(\Cl)c3nc4ccccc4[nH]3)c2)cc1. The maximum absolute atomic E-state index is 12.5. The molecule has 0 aliphatic heterocycles. The molecule has 2 N–H and O–H groups in total. The molecule has 4 rings (SSSR count). The Labute approximate surface area is 173 Å². The summed E-state index contributed by atoms with van der Waals surface area (Å²) in [6.45, 7) is 0. The average Bonchev–Trinajstić information content (AvgIpc) is 3.18. The molecule has 5 nitrogen and oxygen atoms in total. The molecule has 0 aliphatic carbocycles. The standard InChI is InChI=1S/C23H18ClN3O2/c1-29-18-11-9-16(10-12-18)23(28)25-17-6-4-5-15(13-17)14-19(24)22-26-20-7-2-3-8-21(20)27-22/h2-14H,1H3,(H,25,28)(H,26,27)/b19-14-. The number of rotatable bonds is 5. The van der Waals surface area contributed by atoms with Crippen molar-refractivity contribution in [2.45, 2.75) is 0 Å². The summed E-state index contributed by atoms with van der Waals surface area (Å²) in [5, 5.41) is 3.38. The van der Waals surface area contributed by atoms with E-state index in [0.717, 1.165) is 16.6 Å². The molecule has 0 saturated heterocycles. The van der Waals surface area contributed by atoms with Crippen LogP contribution in [-0.2, 0) is 0 Å². The number of amides is 1. The van der Waals surface area contributed by atoms with Crippen LogP contribution in [-0.4, -0.2) is 23.0 Å². The Hall–Kier alpha value is -3.57. The third-order valence-electron chi connectivity index (χ3n) is 4.41. The van der Waals surface area contributed by atoms with Crippen LogP contribution in [0, 0.1) is 0 Å². The highest BCUT2D eigenvalue weighted by Crippen LogP contribution is 2.24. The number of fused-ring (bicyclic) bond motifs is 1. The fourth-order valence-electron chi connectivity index (χ4n) is 2.93. The molecule has 0 fully saturated rings. The van der Waals surface area contributed by atoms with Crippen molar-refractivity contribution in [3.8, 4) is 5.75 Å².